The SMILES string of the molecule is CO/N=C/c1cc(C)cc(F)c1O. The van der Waals surface area contributed by atoms with Crippen LogP contribution in [0.3, 0.4) is 0 Å². The van der Waals surface area contributed by atoms with E-state index >= 15 is 0 Å². The van der Waals surface area contributed by atoms with Crippen LogP contribution in [0.2, 0.25) is 0 Å². The van der Waals surface area contributed by atoms with Crippen molar-refractivity contribution in [1.82, 2.24) is 0 Å². The van der Waals surface area contributed by atoms with Crippen molar-refractivity contribution in [2.24, 2.45) is 5.16 Å². The quantitative estimate of drug-likeness (QED) is 0.561. The second-order valence-corrected chi connectivity index (χ2v) is 2.60. The van der Waals surface area contributed by atoms with E-state index in [0.717, 1.165) is 0 Å². The van der Waals surface area contributed by atoms with Crippen LogP contribution in [0.5, 0.6) is 5.75 Å². The fraction of sp³-hybridized carbons (Fsp3) is 0.222. The number of benzene rings is 1. The first-order valence-electron chi connectivity index (χ1n) is 3.70. The van der Waals surface area contributed by atoms with E-state index in [-0.39, 0.29) is 0 Å². The molecule has 1 N–H and O–H groups in total. The summed E-state index contributed by atoms with van der Waals surface area (Å²) in [6, 6.07) is 2.86. The molecule has 0 bridgehead atoms. The Morgan fingerprint density at radius 2 is 2.23 bits per heavy atom. The first-order valence-corrected chi connectivity index (χ1v) is 3.70. The number of nitrogens with zero attached hydrogens (tertiary/aromatic N) is 1. The Kier molecular flexibility index (Phi) is 2.84. The molecule has 0 saturated heterocycles. The normalized spacial score (nSPS) is 10.7. The third-order valence-corrected chi connectivity index (χ3v) is 1.53. The average Bonchev–Trinajstić information content (AvgIpc) is 2.09. The Labute approximate surface area is 75.4 Å². The Hall–Kier alpha value is -1.58. The summed E-state index contributed by atoms with van der Waals surface area (Å²) in [5.41, 5.74) is 1.02. The Bertz CT molecular complexity index is 337. The molecule has 0 heterocycles. The van der Waals surface area contributed by atoms with Gasteiger partial charge < -0.3 is 9.94 Å². The summed E-state index contributed by atoms with van der Waals surface area (Å²) < 4.78 is 12.9. The number of phenolic OH excluding ortho intramolecular Hbond substituents is 1. The summed E-state index contributed by atoms with van der Waals surface area (Å²) >= 11 is 0. The van der Waals surface area contributed by atoms with Crippen molar-refractivity contribution in [2.45, 2.75) is 6.92 Å². The standard InChI is InChI=1S/C9H10FNO2/c1-6-3-7(5-11-13-2)9(12)8(10)4-6/h3-5,12H,1-2H3/b11-5+. The molecule has 0 aliphatic heterocycles. The minimum absolute atomic E-state index is 0.305. The van der Waals surface area contributed by atoms with Crippen molar-refractivity contribution >= 4 is 6.21 Å². The van der Waals surface area contributed by atoms with Gasteiger partial charge in [0.05, 0.1) is 6.21 Å². The number of phenols is 1. The van der Waals surface area contributed by atoms with Crippen LogP contribution in [0.4, 0.5) is 4.39 Å². The summed E-state index contributed by atoms with van der Waals surface area (Å²) in [7, 11) is 1.37. The molecule has 0 unspecified atom stereocenters. The maximum Gasteiger partial charge on any atom is 0.165 e. The molecule has 1 rings (SSSR count). The van der Waals surface area contributed by atoms with Crippen LogP contribution in [0.1, 0.15) is 11.1 Å². The molecule has 1 aromatic rings. The van der Waals surface area contributed by atoms with Gasteiger partial charge in [0.2, 0.25) is 0 Å². The fourth-order valence-electron chi connectivity index (χ4n) is 0.969. The molecule has 0 atom stereocenters. The lowest BCUT2D eigenvalue weighted by Crippen LogP contribution is -1.89. The lowest BCUT2D eigenvalue weighted by molar-refractivity contribution is 0.215. The van der Waals surface area contributed by atoms with Crippen molar-refractivity contribution in [1.29, 1.82) is 0 Å². The Morgan fingerprint density at radius 1 is 1.54 bits per heavy atom. The van der Waals surface area contributed by atoms with Gasteiger partial charge in [-0.25, -0.2) is 4.39 Å². The minimum Gasteiger partial charge on any atom is -0.504 e. The highest BCUT2D eigenvalue weighted by molar-refractivity contribution is 5.83. The minimum atomic E-state index is -0.655. The molecule has 3 nitrogen and oxygen atoms in total. The summed E-state index contributed by atoms with van der Waals surface area (Å²) in [4.78, 5) is 4.42. The van der Waals surface area contributed by atoms with Gasteiger partial charge in [0.25, 0.3) is 0 Å². The second-order valence-electron chi connectivity index (χ2n) is 2.60. The monoisotopic (exact) mass is 183 g/mol. The molecule has 0 saturated carbocycles. The lowest BCUT2D eigenvalue weighted by atomic mass is 10.1. The molecule has 0 spiro atoms. The molecule has 0 radical (unpaired) electrons. The van der Waals surface area contributed by atoms with E-state index < -0.39 is 11.6 Å². The summed E-state index contributed by atoms with van der Waals surface area (Å²) in [6.07, 6.45) is 1.26. The highest BCUT2D eigenvalue weighted by Crippen LogP contribution is 2.21. The van der Waals surface area contributed by atoms with Gasteiger partial charge in [0, 0.05) is 5.56 Å². The maximum absolute atomic E-state index is 12.9. The van der Waals surface area contributed by atoms with Gasteiger partial charge in [-0.3, -0.25) is 0 Å². The highest BCUT2D eigenvalue weighted by Gasteiger charge is 2.05. The number of rotatable bonds is 2. The van der Waals surface area contributed by atoms with Gasteiger partial charge in [0.1, 0.15) is 7.11 Å². The number of hydrogen-bond donors (Lipinski definition) is 1. The van der Waals surface area contributed by atoms with Crippen molar-refractivity contribution in [3.63, 3.8) is 0 Å². The van der Waals surface area contributed by atoms with E-state index in [1.807, 2.05) is 0 Å². The van der Waals surface area contributed by atoms with Crippen LogP contribution < -0.4 is 0 Å². The first kappa shape index (κ1) is 9.51. The lowest BCUT2D eigenvalue weighted by Gasteiger charge is -2.01. The zero-order valence-corrected chi connectivity index (χ0v) is 7.41. The van der Waals surface area contributed by atoms with Gasteiger partial charge in [-0.05, 0) is 24.6 Å². The van der Waals surface area contributed by atoms with Crippen molar-refractivity contribution < 1.29 is 14.3 Å². The van der Waals surface area contributed by atoms with Gasteiger partial charge in [0.15, 0.2) is 11.6 Å². The van der Waals surface area contributed by atoms with Crippen molar-refractivity contribution in [3.05, 3.63) is 29.1 Å². The van der Waals surface area contributed by atoms with E-state index in [2.05, 4.69) is 9.99 Å². The van der Waals surface area contributed by atoms with E-state index in [1.54, 1.807) is 13.0 Å². The van der Waals surface area contributed by atoms with E-state index in [1.165, 1.54) is 19.4 Å². The summed E-state index contributed by atoms with van der Waals surface area (Å²) in [6.45, 7) is 1.73. The molecule has 13 heavy (non-hydrogen) atoms. The number of halogens is 1. The topological polar surface area (TPSA) is 41.8 Å². The van der Waals surface area contributed by atoms with Gasteiger partial charge in [-0.15, -0.1) is 0 Å². The Morgan fingerprint density at radius 3 is 2.85 bits per heavy atom. The van der Waals surface area contributed by atoms with Gasteiger partial charge in [-0.2, -0.15) is 0 Å². The molecular formula is C9H10FNO2. The molecule has 0 aliphatic rings. The zero-order valence-electron chi connectivity index (χ0n) is 7.41. The van der Waals surface area contributed by atoms with Crippen LogP contribution >= 0.6 is 0 Å². The van der Waals surface area contributed by atoms with Crippen LogP contribution in [0.25, 0.3) is 0 Å². The molecule has 0 aliphatic carbocycles. The molecule has 0 amide bonds. The number of aryl methyl sites for hydroxylation is 1. The molecule has 0 fully saturated rings. The van der Waals surface area contributed by atoms with Crippen molar-refractivity contribution in [2.75, 3.05) is 7.11 Å². The van der Waals surface area contributed by atoms with Crippen LogP contribution in [0.15, 0.2) is 17.3 Å². The first-order chi connectivity index (χ1) is 6.15. The third kappa shape index (κ3) is 2.18. The van der Waals surface area contributed by atoms with Crippen LogP contribution in [-0.2, 0) is 4.84 Å². The molecular weight excluding hydrogens is 173 g/mol. The van der Waals surface area contributed by atoms with E-state index in [0.29, 0.717) is 11.1 Å². The smallest absolute Gasteiger partial charge is 0.165 e. The van der Waals surface area contributed by atoms with E-state index in [9.17, 15) is 9.50 Å². The predicted octanol–water partition coefficient (Wildman–Crippen LogP) is 1.82. The van der Waals surface area contributed by atoms with E-state index in [4.69, 9.17) is 0 Å². The number of aromatic hydroxyl groups is 1. The summed E-state index contributed by atoms with van der Waals surface area (Å²) in [5, 5.41) is 12.7. The number of oxime groups is 1. The zero-order chi connectivity index (χ0) is 9.84. The molecule has 70 valence electrons. The largest absolute Gasteiger partial charge is 0.504 e. The Balaban J connectivity index is 3.12. The van der Waals surface area contributed by atoms with Crippen molar-refractivity contribution in [3.8, 4) is 5.75 Å². The average molecular weight is 183 g/mol. The van der Waals surface area contributed by atoms with Gasteiger partial charge >= 0.3 is 0 Å². The fourth-order valence-corrected chi connectivity index (χ4v) is 0.969. The second kappa shape index (κ2) is 3.89. The molecule has 1 aromatic carbocycles. The highest BCUT2D eigenvalue weighted by atomic mass is 19.1. The van der Waals surface area contributed by atoms with Gasteiger partial charge in [-0.1, -0.05) is 5.16 Å². The van der Waals surface area contributed by atoms with Crippen LogP contribution in [0, 0.1) is 12.7 Å². The van der Waals surface area contributed by atoms with Crippen LogP contribution in [-0.4, -0.2) is 18.4 Å². The molecule has 4 heteroatoms. The molecule has 0 aromatic heterocycles. The third-order valence-electron chi connectivity index (χ3n) is 1.53. The summed E-state index contributed by atoms with van der Waals surface area (Å²) in [5.74, 6) is -1.07. The predicted molar refractivity (Wildman–Crippen MR) is 47.4 cm³/mol. The number of hydrogen-bond acceptors (Lipinski definition) is 3. The maximum atomic E-state index is 12.9.